The summed E-state index contributed by atoms with van der Waals surface area (Å²) in [6.07, 6.45) is -3.70. The maximum Gasteiger partial charge on any atom is 0.573 e. The van der Waals surface area contributed by atoms with Gasteiger partial charge in [-0.1, -0.05) is 0 Å². The maximum atomic E-state index is 11.9. The first-order valence-electron chi connectivity index (χ1n) is 5.72. The van der Waals surface area contributed by atoms with E-state index in [9.17, 15) is 13.2 Å². The number of hydrogen-bond acceptors (Lipinski definition) is 3. The third kappa shape index (κ3) is 4.10. The van der Waals surface area contributed by atoms with E-state index < -0.39 is 6.36 Å². The minimum atomic E-state index is -4.65. The topological polar surface area (TPSA) is 30.5 Å². The molecule has 1 fully saturated rings. The van der Waals surface area contributed by atoms with E-state index in [2.05, 4.69) is 10.1 Å². The highest BCUT2D eigenvalue weighted by molar-refractivity contribution is 5.31. The molecule has 0 bridgehead atoms. The monoisotopic (exact) mass is 261 g/mol. The summed E-state index contributed by atoms with van der Waals surface area (Å²) in [6, 6.07) is 5.43. The summed E-state index contributed by atoms with van der Waals surface area (Å²) in [6.45, 7) is 2.61. The van der Waals surface area contributed by atoms with E-state index in [1.54, 1.807) is 0 Å². The van der Waals surface area contributed by atoms with Crippen LogP contribution in [0.5, 0.6) is 11.5 Å². The molecule has 3 nitrogen and oxygen atoms in total. The Morgan fingerprint density at radius 3 is 2.22 bits per heavy atom. The number of halogens is 3. The average Bonchev–Trinajstić information content (AvgIpc) is 2.22. The molecule has 2 rings (SSSR count). The number of benzene rings is 1. The molecule has 1 heterocycles. The van der Waals surface area contributed by atoms with Crippen molar-refractivity contribution in [2.24, 2.45) is 5.92 Å². The Labute approximate surface area is 103 Å². The Morgan fingerprint density at radius 1 is 1.11 bits per heavy atom. The third-order valence-corrected chi connectivity index (χ3v) is 2.72. The van der Waals surface area contributed by atoms with Crippen molar-refractivity contribution in [2.45, 2.75) is 12.8 Å². The molecule has 100 valence electrons. The van der Waals surface area contributed by atoms with Crippen molar-refractivity contribution in [3.8, 4) is 11.5 Å². The van der Waals surface area contributed by atoms with Crippen LogP contribution in [-0.4, -0.2) is 26.1 Å². The second kappa shape index (κ2) is 5.48. The normalized spacial score (nSPS) is 16.2. The van der Waals surface area contributed by atoms with Crippen LogP contribution >= 0.6 is 0 Å². The van der Waals surface area contributed by atoms with Crippen molar-refractivity contribution in [3.63, 3.8) is 0 Å². The smallest absolute Gasteiger partial charge is 0.494 e. The molecule has 18 heavy (non-hydrogen) atoms. The Balaban J connectivity index is 1.76. The molecule has 1 aromatic rings. The second-order valence-electron chi connectivity index (χ2n) is 4.18. The standard InChI is InChI=1S/C12H14F3NO2/c13-12(14,15)18-11-3-1-10(2-4-11)17-6-5-9-7-16-8-9/h1-4,9,16H,5-8H2. The number of rotatable bonds is 5. The van der Waals surface area contributed by atoms with E-state index in [0.717, 1.165) is 19.5 Å². The van der Waals surface area contributed by atoms with Crippen LogP contribution in [0.2, 0.25) is 0 Å². The van der Waals surface area contributed by atoms with Crippen molar-refractivity contribution in [3.05, 3.63) is 24.3 Å². The molecule has 0 atom stereocenters. The molecule has 0 aromatic heterocycles. The van der Waals surface area contributed by atoms with Gasteiger partial charge in [-0.25, -0.2) is 0 Å². The van der Waals surface area contributed by atoms with Crippen molar-refractivity contribution in [1.29, 1.82) is 0 Å². The molecule has 0 amide bonds. The van der Waals surface area contributed by atoms with Gasteiger partial charge >= 0.3 is 6.36 Å². The molecule has 0 unspecified atom stereocenters. The van der Waals surface area contributed by atoms with Gasteiger partial charge in [-0.3, -0.25) is 0 Å². The van der Waals surface area contributed by atoms with E-state index in [-0.39, 0.29) is 5.75 Å². The molecular weight excluding hydrogens is 247 g/mol. The summed E-state index contributed by atoms with van der Waals surface area (Å²) in [5.41, 5.74) is 0. The summed E-state index contributed by atoms with van der Waals surface area (Å²) in [7, 11) is 0. The first kappa shape index (κ1) is 13.0. The van der Waals surface area contributed by atoms with Gasteiger partial charge < -0.3 is 14.8 Å². The number of alkyl halides is 3. The van der Waals surface area contributed by atoms with Gasteiger partial charge in [0.05, 0.1) is 6.61 Å². The minimum Gasteiger partial charge on any atom is -0.494 e. The van der Waals surface area contributed by atoms with Gasteiger partial charge in [0.15, 0.2) is 0 Å². The number of nitrogens with one attached hydrogen (secondary N) is 1. The highest BCUT2D eigenvalue weighted by Gasteiger charge is 2.30. The van der Waals surface area contributed by atoms with E-state index in [0.29, 0.717) is 18.3 Å². The van der Waals surface area contributed by atoms with Gasteiger partial charge in [0.25, 0.3) is 0 Å². The Hall–Kier alpha value is -1.43. The highest BCUT2D eigenvalue weighted by atomic mass is 19.4. The molecule has 0 spiro atoms. The Bertz CT molecular complexity index is 374. The molecular formula is C12H14F3NO2. The lowest BCUT2D eigenvalue weighted by atomic mass is 10.0. The minimum absolute atomic E-state index is 0.238. The Morgan fingerprint density at radius 2 is 1.72 bits per heavy atom. The van der Waals surface area contributed by atoms with E-state index in [4.69, 9.17) is 4.74 Å². The zero-order valence-corrected chi connectivity index (χ0v) is 9.67. The fraction of sp³-hybridized carbons (Fsp3) is 0.500. The Kier molecular flexibility index (Phi) is 3.96. The fourth-order valence-electron chi connectivity index (χ4n) is 1.63. The summed E-state index contributed by atoms with van der Waals surface area (Å²) >= 11 is 0. The van der Waals surface area contributed by atoms with Crippen molar-refractivity contribution < 1.29 is 22.6 Å². The van der Waals surface area contributed by atoms with E-state index >= 15 is 0 Å². The quantitative estimate of drug-likeness (QED) is 0.883. The van der Waals surface area contributed by atoms with Crippen LogP contribution in [0.4, 0.5) is 13.2 Å². The van der Waals surface area contributed by atoms with Crippen LogP contribution in [-0.2, 0) is 0 Å². The average molecular weight is 261 g/mol. The first-order chi connectivity index (χ1) is 8.53. The molecule has 1 aromatic carbocycles. The molecule has 0 saturated carbocycles. The van der Waals surface area contributed by atoms with Gasteiger partial charge in [0.2, 0.25) is 0 Å². The van der Waals surface area contributed by atoms with Crippen LogP contribution in [0.1, 0.15) is 6.42 Å². The lowest BCUT2D eigenvalue weighted by Gasteiger charge is -2.26. The summed E-state index contributed by atoms with van der Waals surface area (Å²) in [5, 5.41) is 3.16. The largest absolute Gasteiger partial charge is 0.573 e. The molecule has 6 heteroatoms. The lowest BCUT2D eigenvalue weighted by molar-refractivity contribution is -0.274. The SMILES string of the molecule is FC(F)(F)Oc1ccc(OCCC2CNC2)cc1. The van der Waals surface area contributed by atoms with Gasteiger partial charge in [0.1, 0.15) is 11.5 Å². The summed E-state index contributed by atoms with van der Waals surface area (Å²) < 4.78 is 45.0. The number of hydrogen-bond donors (Lipinski definition) is 1. The number of ether oxygens (including phenoxy) is 2. The van der Waals surface area contributed by atoms with Crippen molar-refractivity contribution in [1.82, 2.24) is 5.32 Å². The summed E-state index contributed by atoms with van der Waals surface area (Å²) in [4.78, 5) is 0. The summed E-state index contributed by atoms with van der Waals surface area (Å²) in [5.74, 6) is 0.965. The molecule has 1 saturated heterocycles. The van der Waals surface area contributed by atoms with Crippen LogP contribution in [0.3, 0.4) is 0 Å². The maximum absolute atomic E-state index is 11.9. The molecule has 1 aliphatic rings. The first-order valence-corrected chi connectivity index (χ1v) is 5.72. The van der Waals surface area contributed by atoms with Gasteiger partial charge in [0, 0.05) is 0 Å². The predicted octanol–water partition coefficient (Wildman–Crippen LogP) is 2.57. The lowest BCUT2D eigenvalue weighted by Crippen LogP contribution is -2.42. The highest BCUT2D eigenvalue weighted by Crippen LogP contribution is 2.24. The van der Waals surface area contributed by atoms with Gasteiger partial charge in [-0.2, -0.15) is 0 Å². The zero-order chi connectivity index (χ0) is 13.0. The van der Waals surface area contributed by atoms with Crippen LogP contribution in [0, 0.1) is 5.92 Å². The third-order valence-electron chi connectivity index (χ3n) is 2.72. The second-order valence-corrected chi connectivity index (χ2v) is 4.18. The van der Waals surface area contributed by atoms with Crippen molar-refractivity contribution in [2.75, 3.05) is 19.7 Å². The molecule has 0 aliphatic carbocycles. The van der Waals surface area contributed by atoms with Gasteiger partial charge in [-0.15, -0.1) is 13.2 Å². The zero-order valence-electron chi connectivity index (χ0n) is 9.67. The molecule has 1 N–H and O–H groups in total. The van der Waals surface area contributed by atoms with Crippen molar-refractivity contribution >= 4 is 0 Å². The van der Waals surface area contributed by atoms with Crippen LogP contribution in [0.15, 0.2) is 24.3 Å². The predicted molar refractivity (Wildman–Crippen MR) is 59.6 cm³/mol. The van der Waals surface area contributed by atoms with E-state index in [1.165, 1.54) is 24.3 Å². The van der Waals surface area contributed by atoms with E-state index in [1.807, 2.05) is 0 Å². The fourth-order valence-corrected chi connectivity index (χ4v) is 1.63. The van der Waals surface area contributed by atoms with Crippen LogP contribution in [0.25, 0.3) is 0 Å². The molecule has 1 aliphatic heterocycles. The molecule has 0 radical (unpaired) electrons. The van der Waals surface area contributed by atoms with Crippen LogP contribution < -0.4 is 14.8 Å². The van der Waals surface area contributed by atoms with Gasteiger partial charge in [-0.05, 0) is 49.7 Å².